The summed E-state index contributed by atoms with van der Waals surface area (Å²) in [7, 11) is 0. The van der Waals surface area contributed by atoms with Crippen LogP contribution in [0.3, 0.4) is 0 Å². The van der Waals surface area contributed by atoms with E-state index in [1.54, 1.807) is 6.20 Å². The molecular formula is C17H17N3O2. The number of hydrogen-bond donors (Lipinski definition) is 1. The number of fused-ring (bicyclic) bond motifs is 1. The lowest BCUT2D eigenvalue weighted by Gasteiger charge is -2.09. The molecule has 3 rings (SSSR count). The van der Waals surface area contributed by atoms with Gasteiger partial charge in [-0.05, 0) is 36.2 Å². The van der Waals surface area contributed by atoms with E-state index >= 15 is 0 Å². The van der Waals surface area contributed by atoms with Crippen LogP contribution in [0.15, 0.2) is 42.6 Å². The molecule has 0 spiro atoms. The van der Waals surface area contributed by atoms with Gasteiger partial charge in [-0.15, -0.1) is 0 Å². The van der Waals surface area contributed by atoms with Crippen LogP contribution in [0.5, 0.6) is 0 Å². The largest absolute Gasteiger partial charge is 0.481 e. The second kappa shape index (κ2) is 5.97. The maximum atomic E-state index is 10.8. The summed E-state index contributed by atoms with van der Waals surface area (Å²) >= 11 is 0. The standard InChI is InChI=1S/C17H17N3O2/c1-2-4-15-19-14-5-3-10-18-17(14)20(15)13-8-6-12(7-9-13)11-16(21)22/h3,5-10H,2,4,11H2,1H3,(H,21,22). The zero-order chi connectivity index (χ0) is 15.5. The van der Waals surface area contributed by atoms with Gasteiger partial charge in [0, 0.05) is 18.3 Å². The summed E-state index contributed by atoms with van der Waals surface area (Å²) in [4.78, 5) is 19.9. The number of nitrogens with zero attached hydrogens (tertiary/aromatic N) is 3. The predicted molar refractivity (Wildman–Crippen MR) is 84.2 cm³/mol. The van der Waals surface area contributed by atoms with Crippen molar-refractivity contribution in [2.75, 3.05) is 0 Å². The number of benzene rings is 1. The van der Waals surface area contributed by atoms with Crippen molar-refractivity contribution in [1.29, 1.82) is 0 Å². The summed E-state index contributed by atoms with van der Waals surface area (Å²) < 4.78 is 2.05. The van der Waals surface area contributed by atoms with Crippen molar-refractivity contribution in [2.45, 2.75) is 26.2 Å². The summed E-state index contributed by atoms with van der Waals surface area (Å²) in [5.41, 5.74) is 3.45. The lowest BCUT2D eigenvalue weighted by molar-refractivity contribution is -0.136. The number of aryl methyl sites for hydroxylation is 1. The molecule has 0 amide bonds. The molecule has 5 nitrogen and oxygen atoms in total. The van der Waals surface area contributed by atoms with E-state index in [1.807, 2.05) is 41.0 Å². The van der Waals surface area contributed by atoms with Gasteiger partial charge in [0.15, 0.2) is 5.65 Å². The molecule has 0 aliphatic heterocycles. The van der Waals surface area contributed by atoms with E-state index in [2.05, 4.69) is 16.9 Å². The Labute approximate surface area is 128 Å². The molecule has 22 heavy (non-hydrogen) atoms. The van der Waals surface area contributed by atoms with Crippen LogP contribution in [-0.4, -0.2) is 25.6 Å². The first-order valence-corrected chi connectivity index (χ1v) is 7.32. The molecule has 0 aliphatic carbocycles. The van der Waals surface area contributed by atoms with E-state index in [4.69, 9.17) is 5.11 Å². The van der Waals surface area contributed by atoms with Gasteiger partial charge in [0.25, 0.3) is 0 Å². The molecule has 5 heteroatoms. The first-order valence-electron chi connectivity index (χ1n) is 7.32. The highest BCUT2D eigenvalue weighted by Crippen LogP contribution is 2.21. The van der Waals surface area contributed by atoms with Crippen molar-refractivity contribution in [3.63, 3.8) is 0 Å². The first kappa shape index (κ1) is 14.3. The van der Waals surface area contributed by atoms with Gasteiger partial charge in [-0.1, -0.05) is 19.1 Å². The fraction of sp³-hybridized carbons (Fsp3) is 0.235. The zero-order valence-electron chi connectivity index (χ0n) is 12.4. The molecule has 0 unspecified atom stereocenters. The SMILES string of the molecule is CCCc1nc2cccnc2n1-c1ccc(CC(=O)O)cc1. The molecular weight excluding hydrogens is 278 g/mol. The molecule has 1 N–H and O–H groups in total. The highest BCUT2D eigenvalue weighted by atomic mass is 16.4. The highest BCUT2D eigenvalue weighted by molar-refractivity contribution is 5.74. The highest BCUT2D eigenvalue weighted by Gasteiger charge is 2.12. The minimum atomic E-state index is -0.825. The number of imidazole rings is 1. The molecule has 0 saturated carbocycles. The van der Waals surface area contributed by atoms with E-state index < -0.39 is 5.97 Å². The van der Waals surface area contributed by atoms with Gasteiger partial charge in [0.05, 0.1) is 6.42 Å². The number of aromatic nitrogens is 3. The number of carbonyl (C=O) groups is 1. The van der Waals surface area contributed by atoms with Gasteiger partial charge in [0.2, 0.25) is 0 Å². The van der Waals surface area contributed by atoms with Gasteiger partial charge in [0.1, 0.15) is 11.3 Å². The van der Waals surface area contributed by atoms with Crippen LogP contribution in [0.1, 0.15) is 24.7 Å². The Morgan fingerprint density at radius 1 is 1.23 bits per heavy atom. The van der Waals surface area contributed by atoms with Gasteiger partial charge >= 0.3 is 5.97 Å². The van der Waals surface area contributed by atoms with Crippen LogP contribution in [0.2, 0.25) is 0 Å². The molecule has 3 aromatic rings. The zero-order valence-corrected chi connectivity index (χ0v) is 12.4. The molecule has 1 aromatic carbocycles. The molecule has 0 saturated heterocycles. The molecule has 112 valence electrons. The maximum Gasteiger partial charge on any atom is 0.307 e. The quantitative estimate of drug-likeness (QED) is 0.785. The normalized spacial score (nSPS) is 11.0. The summed E-state index contributed by atoms with van der Waals surface area (Å²) in [6, 6.07) is 11.4. The fourth-order valence-corrected chi connectivity index (χ4v) is 2.56. The predicted octanol–water partition coefficient (Wildman–Crippen LogP) is 3.00. The number of carboxylic acid groups (broad SMARTS) is 1. The topological polar surface area (TPSA) is 68.0 Å². The first-order chi connectivity index (χ1) is 10.7. The van der Waals surface area contributed by atoms with Crippen LogP contribution >= 0.6 is 0 Å². The Morgan fingerprint density at radius 3 is 2.68 bits per heavy atom. The Kier molecular flexibility index (Phi) is 3.87. The van der Waals surface area contributed by atoms with Gasteiger partial charge < -0.3 is 5.11 Å². The van der Waals surface area contributed by atoms with Crippen LogP contribution in [0.25, 0.3) is 16.9 Å². The Hall–Kier alpha value is -2.69. The van der Waals surface area contributed by atoms with Gasteiger partial charge in [-0.25, -0.2) is 9.97 Å². The second-order valence-corrected chi connectivity index (χ2v) is 5.20. The summed E-state index contributed by atoms with van der Waals surface area (Å²) in [6.45, 7) is 2.12. The van der Waals surface area contributed by atoms with E-state index in [9.17, 15) is 4.79 Å². The number of aliphatic carboxylic acids is 1. The van der Waals surface area contributed by atoms with Crippen molar-refractivity contribution in [2.24, 2.45) is 0 Å². The minimum absolute atomic E-state index is 0.0328. The van der Waals surface area contributed by atoms with E-state index in [1.165, 1.54) is 0 Å². The van der Waals surface area contributed by atoms with E-state index in [0.29, 0.717) is 0 Å². The molecule has 2 aromatic heterocycles. The van der Waals surface area contributed by atoms with Crippen LogP contribution in [0, 0.1) is 0 Å². The third-order valence-corrected chi connectivity index (χ3v) is 3.51. The van der Waals surface area contributed by atoms with Gasteiger partial charge in [-0.3, -0.25) is 9.36 Å². The van der Waals surface area contributed by atoms with Crippen molar-refractivity contribution < 1.29 is 9.90 Å². The smallest absolute Gasteiger partial charge is 0.307 e. The number of pyridine rings is 1. The second-order valence-electron chi connectivity index (χ2n) is 5.20. The Morgan fingerprint density at radius 2 is 2.00 bits per heavy atom. The summed E-state index contributed by atoms with van der Waals surface area (Å²) in [5, 5.41) is 8.85. The summed E-state index contributed by atoms with van der Waals surface area (Å²) in [6.07, 6.45) is 3.66. The van der Waals surface area contributed by atoms with Crippen LogP contribution in [-0.2, 0) is 17.6 Å². The molecule has 0 atom stereocenters. The van der Waals surface area contributed by atoms with Crippen molar-refractivity contribution in [3.8, 4) is 5.69 Å². The number of hydrogen-bond acceptors (Lipinski definition) is 3. The Bertz CT molecular complexity index is 806. The molecule has 0 bridgehead atoms. The Balaban J connectivity index is 2.08. The molecule has 0 fully saturated rings. The van der Waals surface area contributed by atoms with Crippen molar-refractivity contribution >= 4 is 17.1 Å². The third kappa shape index (κ3) is 2.70. The van der Waals surface area contributed by atoms with Crippen LogP contribution in [0.4, 0.5) is 0 Å². The molecule has 0 aliphatic rings. The van der Waals surface area contributed by atoms with E-state index in [0.717, 1.165) is 41.1 Å². The number of carboxylic acids is 1. The summed E-state index contributed by atoms with van der Waals surface area (Å²) in [5.74, 6) is 0.149. The average molecular weight is 295 g/mol. The van der Waals surface area contributed by atoms with E-state index in [-0.39, 0.29) is 6.42 Å². The average Bonchev–Trinajstić information content (AvgIpc) is 2.86. The minimum Gasteiger partial charge on any atom is -0.481 e. The van der Waals surface area contributed by atoms with Gasteiger partial charge in [-0.2, -0.15) is 0 Å². The lowest BCUT2D eigenvalue weighted by Crippen LogP contribution is -2.03. The van der Waals surface area contributed by atoms with Crippen molar-refractivity contribution in [3.05, 3.63) is 54.0 Å². The molecule has 2 heterocycles. The maximum absolute atomic E-state index is 10.8. The number of rotatable bonds is 5. The monoisotopic (exact) mass is 295 g/mol. The lowest BCUT2D eigenvalue weighted by atomic mass is 10.1. The fourth-order valence-electron chi connectivity index (χ4n) is 2.56. The third-order valence-electron chi connectivity index (χ3n) is 3.51. The molecule has 0 radical (unpaired) electrons. The van der Waals surface area contributed by atoms with Crippen LogP contribution < -0.4 is 0 Å². The van der Waals surface area contributed by atoms with Crippen molar-refractivity contribution in [1.82, 2.24) is 14.5 Å².